The molecular formula is C12H14Cl3NO3. The van der Waals surface area contributed by atoms with Gasteiger partial charge in [-0.25, -0.2) is 4.79 Å². The molecule has 0 aromatic rings. The Hall–Kier alpha value is -0.710. The summed E-state index contributed by atoms with van der Waals surface area (Å²) in [5.41, 5.74) is 0.297. The molecule has 0 saturated heterocycles. The topological polar surface area (TPSA) is 46.6 Å². The average Bonchev–Trinajstić information content (AvgIpc) is 2.36. The Morgan fingerprint density at radius 3 is 2.68 bits per heavy atom. The number of rotatable bonds is 3. The lowest BCUT2D eigenvalue weighted by Gasteiger charge is -2.32. The molecule has 0 aromatic carbocycles. The highest BCUT2D eigenvalue weighted by molar-refractivity contribution is 6.77. The van der Waals surface area contributed by atoms with Gasteiger partial charge < -0.3 is 4.74 Å². The molecule has 4 nitrogen and oxygen atoms in total. The molecule has 7 heteroatoms. The molecule has 0 aliphatic carbocycles. The quantitative estimate of drug-likeness (QED) is 0.588. The maximum absolute atomic E-state index is 11.9. The van der Waals surface area contributed by atoms with Gasteiger partial charge in [-0.3, -0.25) is 9.69 Å². The first-order chi connectivity index (χ1) is 8.81. The molecule has 0 bridgehead atoms. The number of ether oxygens (including phenoxy) is 1. The van der Waals surface area contributed by atoms with Crippen molar-refractivity contribution in [3.8, 4) is 0 Å². The average molecular weight is 327 g/mol. The van der Waals surface area contributed by atoms with Crippen LogP contribution in [0.2, 0.25) is 0 Å². The number of carbonyl (C=O) groups excluding carboxylic acids is 2. The van der Waals surface area contributed by atoms with Crippen molar-refractivity contribution in [1.82, 2.24) is 4.90 Å². The second kappa shape index (κ2) is 6.64. The number of halogens is 3. The molecule has 0 saturated carbocycles. The van der Waals surface area contributed by atoms with E-state index in [1.54, 1.807) is 6.08 Å². The van der Waals surface area contributed by atoms with Crippen LogP contribution in [0.3, 0.4) is 0 Å². The lowest BCUT2D eigenvalue weighted by atomic mass is 9.96. The molecule has 106 valence electrons. The van der Waals surface area contributed by atoms with Gasteiger partial charge in [0.05, 0.1) is 7.11 Å². The normalized spacial score (nSPS) is 19.7. The van der Waals surface area contributed by atoms with E-state index in [0.717, 1.165) is 0 Å². The molecule has 0 unspecified atom stereocenters. The second-order valence-corrected chi connectivity index (χ2v) is 6.36. The minimum atomic E-state index is -2.01. The summed E-state index contributed by atoms with van der Waals surface area (Å²) in [5.74, 6) is -0.622. The summed E-state index contributed by atoms with van der Waals surface area (Å²) >= 11 is 16.7. The molecule has 1 aliphatic rings. The third-order valence-corrected chi connectivity index (χ3v) is 3.32. The number of alkyl halides is 3. The van der Waals surface area contributed by atoms with Crippen LogP contribution in [0.1, 0.15) is 19.3 Å². The molecule has 0 aromatic heterocycles. The number of Topliss-reactive ketones (excluding diaryl/α,β-unsaturated/α-hetero) is 1. The largest absolute Gasteiger partial charge is 0.452 e. The second-order valence-electron chi connectivity index (χ2n) is 4.08. The van der Waals surface area contributed by atoms with E-state index in [-0.39, 0.29) is 6.04 Å². The van der Waals surface area contributed by atoms with E-state index in [0.29, 0.717) is 24.8 Å². The van der Waals surface area contributed by atoms with Crippen LogP contribution in [0, 0.1) is 0 Å². The molecule has 1 amide bonds. The number of carbonyl (C=O) groups is 2. The van der Waals surface area contributed by atoms with E-state index in [1.165, 1.54) is 18.2 Å². The zero-order valence-electron chi connectivity index (χ0n) is 10.4. The zero-order chi connectivity index (χ0) is 14.6. The Kier molecular flexibility index (Phi) is 5.71. The van der Waals surface area contributed by atoms with Crippen LogP contribution in [0.5, 0.6) is 0 Å². The number of methoxy groups -OCH3 is 1. The first-order valence-electron chi connectivity index (χ1n) is 5.60. The Morgan fingerprint density at radius 1 is 1.58 bits per heavy atom. The van der Waals surface area contributed by atoms with Crippen molar-refractivity contribution < 1.29 is 14.3 Å². The Bertz CT molecular complexity index is 415. The van der Waals surface area contributed by atoms with Gasteiger partial charge in [-0.1, -0.05) is 40.9 Å². The molecule has 1 heterocycles. The van der Waals surface area contributed by atoms with Gasteiger partial charge >= 0.3 is 6.09 Å². The van der Waals surface area contributed by atoms with Crippen molar-refractivity contribution >= 4 is 46.7 Å². The van der Waals surface area contributed by atoms with E-state index in [4.69, 9.17) is 34.8 Å². The number of amides is 1. The summed E-state index contributed by atoms with van der Waals surface area (Å²) in [7, 11) is 1.27. The van der Waals surface area contributed by atoms with Crippen molar-refractivity contribution in [3.63, 3.8) is 0 Å². The fourth-order valence-electron chi connectivity index (χ4n) is 1.88. The zero-order valence-corrected chi connectivity index (χ0v) is 12.6. The third kappa shape index (κ3) is 4.13. The van der Waals surface area contributed by atoms with E-state index in [2.05, 4.69) is 11.3 Å². The number of hydrogen-bond acceptors (Lipinski definition) is 3. The molecule has 0 N–H and O–H groups in total. The lowest BCUT2D eigenvalue weighted by molar-refractivity contribution is -0.115. The lowest BCUT2D eigenvalue weighted by Crippen LogP contribution is -2.40. The van der Waals surface area contributed by atoms with Crippen LogP contribution in [0.4, 0.5) is 4.79 Å². The molecule has 0 spiro atoms. The van der Waals surface area contributed by atoms with Gasteiger partial charge in [0.2, 0.25) is 5.78 Å². The molecule has 1 rings (SSSR count). The van der Waals surface area contributed by atoms with Crippen LogP contribution < -0.4 is 0 Å². The number of allylic oxidation sites excluding steroid dienone is 1. The van der Waals surface area contributed by atoms with Gasteiger partial charge in [-0.05, 0) is 19.3 Å². The van der Waals surface area contributed by atoms with Gasteiger partial charge in [0.1, 0.15) is 0 Å². The first kappa shape index (κ1) is 16.3. The van der Waals surface area contributed by atoms with Crippen molar-refractivity contribution in [3.05, 3.63) is 24.4 Å². The first-order valence-corrected chi connectivity index (χ1v) is 6.74. The van der Waals surface area contributed by atoms with Crippen LogP contribution in [0.25, 0.3) is 0 Å². The summed E-state index contributed by atoms with van der Waals surface area (Å²) in [5, 5.41) is 0. The summed E-state index contributed by atoms with van der Waals surface area (Å²) in [6.07, 6.45) is 4.17. The van der Waals surface area contributed by atoms with E-state index >= 15 is 0 Å². The standard InChI is InChI=1S/C12H14Cl3NO3/c1-3-4-9-6-5-8(10(17)12(13,14)15)7-16(9)11(18)19-2/h3,7,9H,1,4-6H2,2H3/t9-/m0/s1. The van der Waals surface area contributed by atoms with Crippen LogP contribution >= 0.6 is 34.8 Å². The number of nitrogens with zero attached hydrogens (tertiary/aromatic N) is 1. The highest BCUT2D eigenvalue weighted by atomic mass is 35.6. The van der Waals surface area contributed by atoms with E-state index < -0.39 is 15.7 Å². The van der Waals surface area contributed by atoms with Crippen LogP contribution in [0.15, 0.2) is 24.4 Å². The maximum Gasteiger partial charge on any atom is 0.413 e. The van der Waals surface area contributed by atoms with Gasteiger partial charge in [0.25, 0.3) is 3.79 Å². The number of hydrogen-bond donors (Lipinski definition) is 0. The fraction of sp³-hybridized carbons (Fsp3) is 0.500. The van der Waals surface area contributed by atoms with Crippen molar-refractivity contribution in [1.29, 1.82) is 0 Å². The molecular weight excluding hydrogens is 312 g/mol. The predicted molar refractivity (Wildman–Crippen MR) is 75.5 cm³/mol. The highest BCUT2D eigenvalue weighted by Crippen LogP contribution is 2.34. The van der Waals surface area contributed by atoms with Gasteiger partial charge in [0.15, 0.2) is 0 Å². The van der Waals surface area contributed by atoms with Crippen LogP contribution in [-0.4, -0.2) is 33.7 Å². The minimum absolute atomic E-state index is 0.100. The summed E-state index contributed by atoms with van der Waals surface area (Å²) < 4.78 is 2.66. The van der Waals surface area contributed by atoms with Gasteiger partial charge in [0, 0.05) is 17.8 Å². The number of ketones is 1. The molecule has 1 atom stereocenters. The highest BCUT2D eigenvalue weighted by Gasteiger charge is 2.36. The summed E-state index contributed by atoms with van der Waals surface area (Å²) in [6.45, 7) is 3.64. The fourth-order valence-corrected chi connectivity index (χ4v) is 2.25. The van der Waals surface area contributed by atoms with Gasteiger partial charge in [-0.15, -0.1) is 6.58 Å². The van der Waals surface area contributed by atoms with Gasteiger partial charge in [-0.2, -0.15) is 0 Å². The Balaban J connectivity index is 3.01. The molecule has 1 aliphatic heterocycles. The molecule has 19 heavy (non-hydrogen) atoms. The van der Waals surface area contributed by atoms with Crippen molar-refractivity contribution in [2.24, 2.45) is 0 Å². The summed E-state index contributed by atoms with van der Waals surface area (Å²) in [6, 6.07) is -0.100. The van der Waals surface area contributed by atoms with Crippen molar-refractivity contribution in [2.75, 3.05) is 7.11 Å². The third-order valence-electron chi connectivity index (χ3n) is 2.81. The van der Waals surface area contributed by atoms with E-state index in [9.17, 15) is 9.59 Å². The van der Waals surface area contributed by atoms with E-state index in [1.807, 2.05) is 0 Å². The Labute approximate surface area is 126 Å². The monoisotopic (exact) mass is 325 g/mol. The van der Waals surface area contributed by atoms with Crippen LogP contribution in [-0.2, 0) is 9.53 Å². The smallest absolute Gasteiger partial charge is 0.413 e. The molecule has 0 radical (unpaired) electrons. The predicted octanol–water partition coefficient (Wildman–Crippen LogP) is 3.62. The SMILES string of the molecule is C=CC[C@H]1CCC(C(=O)C(Cl)(Cl)Cl)=CN1C(=O)OC. The van der Waals surface area contributed by atoms with Crippen molar-refractivity contribution in [2.45, 2.75) is 29.1 Å². The Morgan fingerprint density at radius 2 is 2.21 bits per heavy atom. The minimum Gasteiger partial charge on any atom is -0.452 e. The summed E-state index contributed by atoms with van der Waals surface area (Å²) in [4.78, 5) is 24.9. The molecule has 0 fully saturated rings. The maximum atomic E-state index is 11.9.